The van der Waals surface area contributed by atoms with Gasteiger partial charge in [-0.25, -0.2) is 4.39 Å². The van der Waals surface area contributed by atoms with Crippen LogP contribution in [0.4, 0.5) is 4.39 Å². The van der Waals surface area contributed by atoms with Crippen LogP contribution in [-0.4, -0.2) is 53.0 Å². The molecule has 0 bridgehead atoms. The van der Waals surface area contributed by atoms with E-state index in [1.807, 2.05) is 17.2 Å². The van der Waals surface area contributed by atoms with Gasteiger partial charge in [-0.15, -0.1) is 0 Å². The number of hydrogen-bond donors (Lipinski definition) is 0. The van der Waals surface area contributed by atoms with Crippen LogP contribution in [0.15, 0.2) is 59.2 Å². The van der Waals surface area contributed by atoms with Crippen molar-refractivity contribution < 1.29 is 13.9 Å². The summed E-state index contributed by atoms with van der Waals surface area (Å²) in [4.78, 5) is 21.5. The SMILES string of the molecule is CC(Oc1ccc(F)cc1Br)C(=O)N1CCN(Cc2cccc3cccnc23)CC1. The number of rotatable bonds is 5. The average Bonchev–Trinajstić information content (AvgIpc) is 2.76. The van der Waals surface area contributed by atoms with Crippen molar-refractivity contribution in [3.8, 4) is 5.75 Å². The molecule has 0 radical (unpaired) electrons. The molecule has 0 saturated carbocycles. The maximum Gasteiger partial charge on any atom is 0.263 e. The van der Waals surface area contributed by atoms with Gasteiger partial charge in [-0.2, -0.15) is 0 Å². The van der Waals surface area contributed by atoms with E-state index in [1.165, 1.54) is 23.8 Å². The van der Waals surface area contributed by atoms with Crippen molar-refractivity contribution in [3.05, 3.63) is 70.6 Å². The predicted molar refractivity (Wildman–Crippen MR) is 118 cm³/mol. The van der Waals surface area contributed by atoms with E-state index in [0.29, 0.717) is 23.3 Å². The van der Waals surface area contributed by atoms with Gasteiger partial charge in [0.25, 0.3) is 5.91 Å². The first-order valence-electron chi connectivity index (χ1n) is 9.97. The predicted octanol–water partition coefficient (Wildman–Crippen LogP) is 4.25. The van der Waals surface area contributed by atoms with E-state index in [2.05, 4.69) is 50.1 Å². The largest absolute Gasteiger partial charge is 0.480 e. The number of pyridine rings is 1. The first-order valence-corrected chi connectivity index (χ1v) is 10.8. The molecule has 1 atom stereocenters. The number of benzene rings is 2. The van der Waals surface area contributed by atoms with Gasteiger partial charge >= 0.3 is 0 Å². The first-order chi connectivity index (χ1) is 14.5. The highest BCUT2D eigenvalue weighted by molar-refractivity contribution is 9.10. The van der Waals surface area contributed by atoms with Gasteiger partial charge in [0.2, 0.25) is 0 Å². The average molecular weight is 472 g/mol. The van der Waals surface area contributed by atoms with Crippen molar-refractivity contribution in [1.29, 1.82) is 0 Å². The van der Waals surface area contributed by atoms with Crippen molar-refractivity contribution in [2.75, 3.05) is 26.2 Å². The van der Waals surface area contributed by atoms with Crippen LogP contribution < -0.4 is 4.74 Å². The first kappa shape index (κ1) is 20.8. The highest BCUT2D eigenvalue weighted by Crippen LogP contribution is 2.27. The fraction of sp³-hybridized carbons (Fsp3) is 0.304. The van der Waals surface area contributed by atoms with Gasteiger partial charge in [0.15, 0.2) is 6.10 Å². The molecule has 30 heavy (non-hydrogen) atoms. The number of para-hydroxylation sites is 1. The van der Waals surface area contributed by atoms with Crippen molar-refractivity contribution in [3.63, 3.8) is 0 Å². The van der Waals surface area contributed by atoms with Crippen LogP contribution in [0.2, 0.25) is 0 Å². The van der Waals surface area contributed by atoms with E-state index in [1.54, 1.807) is 6.92 Å². The summed E-state index contributed by atoms with van der Waals surface area (Å²) in [5.41, 5.74) is 2.23. The van der Waals surface area contributed by atoms with Gasteiger partial charge in [0.1, 0.15) is 11.6 Å². The Hall–Kier alpha value is -2.51. The number of halogens is 2. The maximum atomic E-state index is 13.2. The molecule has 3 aromatic rings. The Morgan fingerprint density at radius 3 is 2.70 bits per heavy atom. The Bertz CT molecular complexity index is 1050. The zero-order valence-corrected chi connectivity index (χ0v) is 18.3. The number of hydrogen-bond acceptors (Lipinski definition) is 4. The van der Waals surface area contributed by atoms with Crippen LogP contribution in [0.1, 0.15) is 12.5 Å². The normalized spacial score (nSPS) is 15.9. The second-order valence-corrected chi connectivity index (χ2v) is 8.28. The molecular formula is C23H23BrFN3O2. The Morgan fingerprint density at radius 2 is 1.93 bits per heavy atom. The van der Waals surface area contributed by atoms with Crippen molar-refractivity contribution in [2.45, 2.75) is 19.6 Å². The van der Waals surface area contributed by atoms with Crippen LogP contribution in [0.3, 0.4) is 0 Å². The molecule has 2 aromatic carbocycles. The lowest BCUT2D eigenvalue weighted by Crippen LogP contribution is -2.51. The lowest BCUT2D eigenvalue weighted by Gasteiger charge is -2.36. The highest BCUT2D eigenvalue weighted by Gasteiger charge is 2.26. The molecule has 5 nitrogen and oxygen atoms in total. The van der Waals surface area contributed by atoms with Gasteiger partial charge in [-0.1, -0.05) is 24.3 Å². The van der Waals surface area contributed by atoms with Crippen molar-refractivity contribution in [2.24, 2.45) is 0 Å². The zero-order valence-electron chi connectivity index (χ0n) is 16.7. The minimum absolute atomic E-state index is 0.0577. The fourth-order valence-corrected chi connectivity index (χ4v) is 4.18. The molecule has 0 N–H and O–H groups in total. The summed E-state index contributed by atoms with van der Waals surface area (Å²) >= 11 is 3.28. The smallest absolute Gasteiger partial charge is 0.263 e. The summed E-state index contributed by atoms with van der Waals surface area (Å²) in [5, 5.41) is 1.14. The van der Waals surface area contributed by atoms with E-state index in [9.17, 15) is 9.18 Å². The third-order valence-electron chi connectivity index (χ3n) is 5.34. The van der Waals surface area contributed by atoms with Gasteiger partial charge in [0.05, 0.1) is 9.99 Å². The summed E-state index contributed by atoms with van der Waals surface area (Å²) in [6, 6.07) is 14.4. The molecule has 1 aliphatic heterocycles. The van der Waals surface area contributed by atoms with Crippen LogP contribution in [-0.2, 0) is 11.3 Å². The van der Waals surface area contributed by atoms with E-state index in [0.717, 1.165) is 30.5 Å². The second kappa shape index (κ2) is 9.10. The number of piperazine rings is 1. The standard InChI is InChI=1S/C23H23BrFN3O2/c1-16(30-21-8-7-19(25)14-20(21)24)23(29)28-12-10-27(11-13-28)15-18-5-2-4-17-6-3-9-26-22(17)18/h2-9,14,16H,10-13,15H2,1H3. The monoisotopic (exact) mass is 471 g/mol. The minimum atomic E-state index is -0.638. The number of aromatic nitrogens is 1. The summed E-state index contributed by atoms with van der Waals surface area (Å²) in [6.07, 6.45) is 1.18. The number of carbonyl (C=O) groups excluding carboxylic acids is 1. The van der Waals surface area contributed by atoms with E-state index < -0.39 is 6.10 Å². The summed E-state index contributed by atoms with van der Waals surface area (Å²) in [5.74, 6) is 0.0442. The van der Waals surface area contributed by atoms with Crippen molar-refractivity contribution >= 4 is 32.7 Å². The Kier molecular flexibility index (Phi) is 6.29. The van der Waals surface area contributed by atoms with Crippen LogP contribution in [0.5, 0.6) is 5.75 Å². The highest BCUT2D eigenvalue weighted by atomic mass is 79.9. The van der Waals surface area contributed by atoms with Gasteiger partial charge in [-0.3, -0.25) is 14.7 Å². The molecule has 4 rings (SSSR count). The number of ether oxygens (including phenoxy) is 1. The number of amides is 1. The van der Waals surface area contributed by atoms with Gasteiger partial charge in [-0.05, 0) is 52.7 Å². The molecule has 0 aliphatic carbocycles. The molecule has 1 saturated heterocycles. The Balaban J connectivity index is 1.34. The molecular weight excluding hydrogens is 449 g/mol. The number of fused-ring (bicyclic) bond motifs is 1. The third-order valence-corrected chi connectivity index (χ3v) is 5.96. The molecule has 1 unspecified atom stereocenters. The molecule has 1 aromatic heterocycles. The summed E-state index contributed by atoms with van der Waals surface area (Å²) in [6.45, 7) is 5.42. The van der Waals surface area contributed by atoms with Crippen molar-refractivity contribution in [1.82, 2.24) is 14.8 Å². The molecule has 156 valence electrons. The molecule has 1 aliphatic rings. The van der Waals surface area contributed by atoms with E-state index in [-0.39, 0.29) is 11.7 Å². The summed E-state index contributed by atoms with van der Waals surface area (Å²) in [7, 11) is 0. The van der Waals surface area contributed by atoms with Crippen LogP contribution in [0, 0.1) is 5.82 Å². The second-order valence-electron chi connectivity index (χ2n) is 7.43. The maximum absolute atomic E-state index is 13.2. The van der Waals surface area contributed by atoms with Crippen LogP contribution in [0.25, 0.3) is 10.9 Å². The summed E-state index contributed by atoms with van der Waals surface area (Å²) < 4.78 is 19.5. The quantitative estimate of drug-likeness (QED) is 0.557. The van der Waals surface area contributed by atoms with Crippen LogP contribution >= 0.6 is 15.9 Å². The molecule has 0 spiro atoms. The number of carbonyl (C=O) groups is 1. The molecule has 1 amide bonds. The number of nitrogens with zero attached hydrogens (tertiary/aromatic N) is 3. The lowest BCUT2D eigenvalue weighted by molar-refractivity contribution is -0.139. The van der Waals surface area contributed by atoms with Gasteiger partial charge in [0, 0.05) is 44.3 Å². The Labute approximate surface area is 183 Å². The molecule has 7 heteroatoms. The van der Waals surface area contributed by atoms with Gasteiger partial charge < -0.3 is 9.64 Å². The van der Waals surface area contributed by atoms with E-state index >= 15 is 0 Å². The molecule has 2 heterocycles. The lowest BCUT2D eigenvalue weighted by atomic mass is 10.1. The Morgan fingerprint density at radius 1 is 1.17 bits per heavy atom. The topological polar surface area (TPSA) is 45.7 Å². The third kappa shape index (κ3) is 4.63. The zero-order chi connectivity index (χ0) is 21.1. The minimum Gasteiger partial charge on any atom is -0.480 e. The fourth-order valence-electron chi connectivity index (χ4n) is 3.73. The molecule has 1 fully saturated rings. The van der Waals surface area contributed by atoms with E-state index in [4.69, 9.17) is 4.74 Å².